The number of benzene rings is 2. The average Bonchev–Trinajstić information content (AvgIpc) is 2.85. The number of carbonyl (C=O) groups excluding carboxylic acids is 1. The molecule has 3 aromatic rings. The Morgan fingerprint density at radius 3 is 2.45 bits per heavy atom. The minimum absolute atomic E-state index is 0.0671. The molecule has 0 saturated carbocycles. The lowest BCUT2D eigenvalue weighted by molar-refractivity contribution is -0.384. The summed E-state index contributed by atoms with van der Waals surface area (Å²) in [7, 11) is 0. The number of pyridine rings is 1. The monoisotopic (exact) mass is 448 g/mol. The van der Waals surface area contributed by atoms with Gasteiger partial charge in [-0.25, -0.2) is 0 Å². The van der Waals surface area contributed by atoms with Crippen molar-refractivity contribution in [1.82, 2.24) is 9.88 Å². The number of rotatable bonds is 7. The number of hydrogen-bond donors (Lipinski definition) is 1. The first-order valence-electron chi connectivity index (χ1n) is 10.6. The van der Waals surface area contributed by atoms with Crippen LogP contribution in [0.15, 0.2) is 71.7 Å². The Bertz CT molecular complexity index is 1200. The van der Waals surface area contributed by atoms with Crippen LogP contribution >= 0.6 is 0 Å². The van der Waals surface area contributed by atoms with Gasteiger partial charge < -0.3 is 19.5 Å². The molecule has 2 aromatic carbocycles. The molecule has 0 atom stereocenters. The van der Waals surface area contributed by atoms with Crippen LogP contribution in [0, 0.1) is 10.1 Å². The first-order chi connectivity index (χ1) is 16.0. The van der Waals surface area contributed by atoms with E-state index in [1.54, 1.807) is 29.0 Å². The third-order valence-corrected chi connectivity index (χ3v) is 5.51. The Morgan fingerprint density at radius 1 is 1.03 bits per heavy atom. The molecule has 0 bridgehead atoms. The van der Waals surface area contributed by atoms with E-state index in [1.165, 1.54) is 12.1 Å². The van der Waals surface area contributed by atoms with Gasteiger partial charge in [0.25, 0.3) is 17.2 Å². The van der Waals surface area contributed by atoms with E-state index in [2.05, 4.69) is 5.32 Å². The molecule has 2 heterocycles. The third kappa shape index (κ3) is 5.45. The van der Waals surface area contributed by atoms with Crippen LogP contribution in [-0.4, -0.2) is 41.7 Å². The maximum atomic E-state index is 12.6. The van der Waals surface area contributed by atoms with Crippen molar-refractivity contribution in [1.29, 1.82) is 0 Å². The molecule has 1 aromatic heterocycles. The summed E-state index contributed by atoms with van der Waals surface area (Å²) in [5.74, 6) is -0.383. The molecular formula is C24H24N4O5. The van der Waals surface area contributed by atoms with E-state index < -0.39 is 4.92 Å². The number of morpholine rings is 1. The molecule has 1 saturated heterocycles. The summed E-state index contributed by atoms with van der Waals surface area (Å²) in [6, 6.07) is 17.2. The molecular weight excluding hydrogens is 424 g/mol. The van der Waals surface area contributed by atoms with Crippen molar-refractivity contribution < 1.29 is 14.5 Å². The standard InChI is InChI=1S/C24H24N4O5/c29-23-3-1-2-10-27(23)17-19-6-4-18(5-7-19)16-25-24(30)20-8-9-21(22(15-20)28(31)32)26-11-13-33-14-12-26/h1-10,15H,11-14,16-17H2,(H,25,30). The zero-order valence-electron chi connectivity index (χ0n) is 18.0. The van der Waals surface area contributed by atoms with Crippen molar-refractivity contribution >= 4 is 17.3 Å². The van der Waals surface area contributed by atoms with Gasteiger partial charge in [0.2, 0.25) is 0 Å². The van der Waals surface area contributed by atoms with Crippen molar-refractivity contribution in [3.05, 3.63) is 104 Å². The number of anilines is 1. The van der Waals surface area contributed by atoms with E-state index in [0.717, 1.165) is 11.1 Å². The lowest BCUT2D eigenvalue weighted by Gasteiger charge is -2.28. The first-order valence-corrected chi connectivity index (χ1v) is 10.6. The number of hydrogen-bond acceptors (Lipinski definition) is 6. The predicted octanol–water partition coefficient (Wildman–Crippen LogP) is 2.57. The number of carbonyl (C=O) groups is 1. The molecule has 1 fully saturated rings. The van der Waals surface area contributed by atoms with Crippen LogP contribution in [0.1, 0.15) is 21.5 Å². The van der Waals surface area contributed by atoms with Crippen molar-refractivity contribution in [2.45, 2.75) is 13.1 Å². The summed E-state index contributed by atoms with van der Waals surface area (Å²) in [6.45, 7) is 2.91. The Morgan fingerprint density at radius 2 is 1.76 bits per heavy atom. The van der Waals surface area contributed by atoms with Crippen LogP contribution in [0.2, 0.25) is 0 Å². The molecule has 4 rings (SSSR count). The molecule has 0 aliphatic carbocycles. The fraction of sp³-hybridized carbons (Fsp3) is 0.250. The molecule has 1 aliphatic rings. The highest BCUT2D eigenvalue weighted by Gasteiger charge is 2.23. The summed E-state index contributed by atoms with van der Waals surface area (Å²) in [5, 5.41) is 14.4. The number of nitrogens with one attached hydrogen (secondary N) is 1. The SMILES string of the molecule is O=C(NCc1ccc(Cn2ccccc2=O)cc1)c1ccc(N2CCOCC2)c([N+](=O)[O-])c1. The van der Waals surface area contributed by atoms with Gasteiger partial charge in [-0.2, -0.15) is 0 Å². The van der Waals surface area contributed by atoms with Crippen LogP contribution < -0.4 is 15.8 Å². The molecule has 9 nitrogen and oxygen atoms in total. The van der Waals surface area contributed by atoms with Crippen molar-refractivity contribution in [2.24, 2.45) is 0 Å². The Hall–Kier alpha value is -3.98. The number of nitrogens with zero attached hydrogens (tertiary/aromatic N) is 3. The zero-order chi connectivity index (χ0) is 23.2. The molecule has 1 amide bonds. The normalized spacial score (nSPS) is 13.5. The summed E-state index contributed by atoms with van der Waals surface area (Å²) >= 11 is 0. The second-order valence-electron chi connectivity index (χ2n) is 7.73. The maximum Gasteiger partial charge on any atom is 0.293 e. The van der Waals surface area contributed by atoms with Crippen LogP contribution in [-0.2, 0) is 17.8 Å². The maximum absolute atomic E-state index is 12.6. The molecule has 1 aliphatic heterocycles. The number of ether oxygens (including phenoxy) is 1. The fourth-order valence-corrected chi connectivity index (χ4v) is 3.72. The molecule has 0 spiro atoms. The lowest BCUT2D eigenvalue weighted by atomic mass is 10.1. The van der Waals surface area contributed by atoms with Gasteiger partial charge in [0.15, 0.2) is 0 Å². The van der Waals surface area contributed by atoms with Crippen LogP contribution in [0.5, 0.6) is 0 Å². The third-order valence-electron chi connectivity index (χ3n) is 5.51. The summed E-state index contributed by atoms with van der Waals surface area (Å²) in [4.78, 5) is 37.5. The largest absolute Gasteiger partial charge is 0.378 e. The molecule has 0 unspecified atom stereocenters. The number of nitro groups is 1. The average molecular weight is 448 g/mol. The summed E-state index contributed by atoms with van der Waals surface area (Å²) < 4.78 is 6.92. The minimum Gasteiger partial charge on any atom is -0.378 e. The second-order valence-corrected chi connectivity index (χ2v) is 7.73. The highest BCUT2D eigenvalue weighted by molar-refractivity contribution is 5.95. The quantitative estimate of drug-likeness (QED) is 0.440. The minimum atomic E-state index is -0.460. The summed E-state index contributed by atoms with van der Waals surface area (Å²) in [6.07, 6.45) is 1.74. The fourth-order valence-electron chi connectivity index (χ4n) is 3.72. The Kier molecular flexibility index (Phi) is 6.80. The van der Waals surface area contributed by atoms with Gasteiger partial charge in [0, 0.05) is 43.5 Å². The van der Waals surface area contributed by atoms with E-state index in [9.17, 15) is 19.7 Å². The number of nitro benzene ring substituents is 1. The molecule has 1 N–H and O–H groups in total. The Balaban J connectivity index is 1.40. The van der Waals surface area contributed by atoms with Gasteiger partial charge in [0.05, 0.1) is 24.7 Å². The van der Waals surface area contributed by atoms with E-state index in [1.807, 2.05) is 35.2 Å². The van der Waals surface area contributed by atoms with Crippen LogP contribution in [0.25, 0.3) is 0 Å². The molecule has 9 heteroatoms. The van der Waals surface area contributed by atoms with Gasteiger partial charge in [-0.3, -0.25) is 19.7 Å². The molecule has 170 valence electrons. The van der Waals surface area contributed by atoms with Gasteiger partial charge in [0.1, 0.15) is 5.69 Å². The van der Waals surface area contributed by atoms with Gasteiger partial charge in [-0.05, 0) is 29.3 Å². The Labute approximate surface area is 190 Å². The lowest BCUT2D eigenvalue weighted by Crippen LogP contribution is -2.36. The van der Waals surface area contributed by atoms with Gasteiger partial charge in [-0.15, -0.1) is 0 Å². The van der Waals surface area contributed by atoms with E-state index in [0.29, 0.717) is 38.5 Å². The highest BCUT2D eigenvalue weighted by Crippen LogP contribution is 2.30. The second kappa shape index (κ2) is 10.1. The van der Waals surface area contributed by atoms with Crippen molar-refractivity contribution in [3.8, 4) is 0 Å². The van der Waals surface area contributed by atoms with Crippen molar-refractivity contribution in [3.63, 3.8) is 0 Å². The number of aromatic nitrogens is 1. The predicted molar refractivity (Wildman–Crippen MR) is 124 cm³/mol. The van der Waals surface area contributed by atoms with Crippen LogP contribution in [0.3, 0.4) is 0 Å². The van der Waals surface area contributed by atoms with Gasteiger partial charge >= 0.3 is 0 Å². The van der Waals surface area contributed by atoms with Crippen LogP contribution in [0.4, 0.5) is 11.4 Å². The van der Waals surface area contributed by atoms with E-state index >= 15 is 0 Å². The van der Waals surface area contributed by atoms with E-state index in [-0.39, 0.29) is 29.3 Å². The topological polar surface area (TPSA) is 107 Å². The number of amides is 1. The molecule has 0 radical (unpaired) electrons. The highest BCUT2D eigenvalue weighted by atomic mass is 16.6. The molecule has 33 heavy (non-hydrogen) atoms. The smallest absolute Gasteiger partial charge is 0.293 e. The van der Waals surface area contributed by atoms with E-state index in [4.69, 9.17) is 4.74 Å². The zero-order valence-corrected chi connectivity index (χ0v) is 18.0. The first kappa shape index (κ1) is 22.2. The van der Waals surface area contributed by atoms with Gasteiger partial charge in [-0.1, -0.05) is 30.3 Å². The van der Waals surface area contributed by atoms with Crippen molar-refractivity contribution in [2.75, 3.05) is 31.2 Å². The summed E-state index contributed by atoms with van der Waals surface area (Å²) in [5.41, 5.74) is 2.42.